The Morgan fingerprint density at radius 2 is 1.88 bits per heavy atom. The molecule has 0 unspecified atom stereocenters. The third kappa shape index (κ3) is 5.39. The maximum Gasteiger partial charge on any atom is 0.209 e. The van der Waals surface area contributed by atoms with Crippen LogP contribution >= 0.6 is 0 Å². The molecule has 7 nitrogen and oxygen atoms in total. The van der Waals surface area contributed by atoms with E-state index in [1.807, 2.05) is 6.07 Å². The van der Waals surface area contributed by atoms with Crippen LogP contribution in [0.1, 0.15) is 43.6 Å². The van der Waals surface area contributed by atoms with Crippen molar-refractivity contribution in [2.45, 2.75) is 56.2 Å². The summed E-state index contributed by atoms with van der Waals surface area (Å²) in [7, 11) is -3.44. The Morgan fingerprint density at radius 3 is 2.56 bits per heavy atom. The zero-order chi connectivity index (χ0) is 22.7. The summed E-state index contributed by atoms with van der Waals surface area (Å²) >= 11 is 0. The van der Waals surface area contributed by atoms with Crippen LogP contribution in [0.3, 0.4) is 0 Å². The Hall–Kier alpha value is -2.23. The van der Waals surface area contributed by atoms with Crippen LogP contribution in [0.15, 0.2) is 42.6 Å². The molecular formula is C23H30FN3O4S. The van der Waals surface area contributed by atoms with Crippen LogP contribution in [0.4, 0.5) is 10.2 Å². The number of ether oxygens (including phenoxy) is 1. The fourth-order valence-corrected chi connectivity index (χ4v) is 5.71. The average molecular weight is 464 g/mol. The molecule has 0 bridgehead atoms. The van der Waals surface area contributed by atoms with E-state index in [-0.39, 0.29) is 18.5 Å². The van der Waals surface area contributed by atoms with Gasteiger partial charge in [-0.2, -0.15) is 4.39 Å². The lowest BCUT2D eigenvalue weighted by atomic mass is 9.83. The third-order valence-corrected chi connectivity index (χ3v) is 7.21. The van der Waals surface area contributed by atoms with E-state index in [1.54, 1.807) is 4.90 Å². The first-order valence-corrected chi connectivity index (χ1v) is 12.9. The summed E-state index contributed by atoms with van der Waals surface area (Å²) in [6.07, 6.45) is 6.97. The molecule has 2 fully saturated rings. The van der Waals surface area contributed by atoms with Gasteiger partial charge in [-0.3, -0.25) is 0 Å². The minimum atomic E-state index is -3.44. The van der Waals surface area contributed by atoms with Crippen molar-refractivity contribution in [3.8, 4) is 5.75 Å². The average Bonchev–Trinajstić information content (AvgIpc) is 3.15. The zero-order valence-corrected chi connectivity index (χ0v) is 19.0. The van der Waals surface area contributed by atoms with Crippen molar-refractivity contribution in [3.05, 3.63) is 54.0 Å². The lowest BCUT2D eigenvalue weighted by molar-refractivity contribution is 0.0155. The molecule has 2 atom stereocenters. The van der Waals surface area contributed by atoms with Crippen LogP contribution < -0.4 is 9.62 Å². The van der Waals surface area contributed by atoms with Crippen LogP contribution in [-0.4, -0.2) is 56.1 Å². The molecule has 2 heterocycles. The summed E-state index contributed by atoms with van der Waals surface area (Å²) in [6.45, 7) is 0.667. The molecule has 1 aliphatic heterocycles. The van der Waals surface area contributed by atoms with Gasteiger partial charge in [0.1, 0.15) is 0 Å². The summed E-state index contributed by atoms with van der Waals surface area (Å²) in [6, 6.07) is 10.8. The lowest BCUT2D eigenvalue weighted by Crippen LogP contribution is -2.48. The molecule has 1 aromatic carbocycles. The van der Waals surface area contributed by atoms with Crippen LogP contribution in [0.5, 0.6) is 5.75 Å². The van der Waals surface area contributed by atoms with Gasteiger partial charge < -0.3 is 14.7 Å². The maximum atomic E-state index is 14.6. The van der Waals surface area contributed by atoms with Crippen molar-refractivity contribution in [2.24, 2.45) is 0 Å². The highest BCUT2D eigenvalue weighted by Crippen LogP contribution is 2.35. The van der Waals surface area contributed by atoms with E-state index in [0.29, 0.717) is 18.9 Å². The maximum absolute atomic E-state index is 14.6. The minimum absolute atomic E-state index is 0.0178. The quantitative estimate of drug-likeness (QED) is 0.655. The number of hydrogen-bond donors (Lipinski definition) is 2. The van der Waals surface area contributed by atoms with Gasteiger partial charge in [0.05, 0.1) is 25.0 Å². The Balaban J connectivity index is 1.43. The Bertz CT molecular complexity index is 1010. The summed E-state index contributed by atoms with van der Waals surface area (Å²) in [5.74, 6) is -0.734. The summed E-state index contributed by atoms with van der Waals surface area (Å²) in [5.41, 5.74) is 1.36. The molecule has 2 aliphatic rings. The normalized spacial score (nSPS) is 26.4. The zero-order valence-electron chi connectivity index (χ0n) is 18.2. The molecule has 4 rings (SSSR count). The van der Waals surface area contributed by atoms with Crippen LogP contribution in [-0.2, 0) is 14.8 Å². The van der Waals surface area contributed by atoms with Crippen molar-refractivity contribution >= 4 is 15.8 Å². The van der Waals surface area contributed by atoms with Gasteiger partial charge in [-0.25, -0.2) is 18.1 Å². The molecule has 0 amide bonds. The monoisotopic (exact) mass is 463 g/mol. The number of rotatable bonds is 7. The van der Waals surface area contributed by atoms with Crippen molar-refractivity contribution in [1.82, 2.24) is 9.71 Å². The molecule has 0 spiro atoms. The van der Waals surface area contributed by atoms with Gasteiger partial charge in [-0.1, -0.05) is 30.3 Å². The Kier molecular flexibility index (Phi) is 6.97. The largest absolute Gasteiger partial charge is 0.505 e. The van der Waals surface area contributed by atoms with Gasteiger partial charge in [0.2, 0.25) is 15.8 Å². The fraction of sp³-hybridized carbons (Fsp3) is 0.522. The molecule has 32 heavy (non-hydrogen) atoms. The van der Waals surface area contributed by atoms with E-state index in [2.05, 4.69) is 34.0 Å². The number of hydrogen-bond acceptors (Lipinski definition) is 6. The highest BCUT2D eigenvalue weighted by molar-refractivity contribution is 7.88. The predicted octanol–water partition coefficient (Wildman–Crippen LogP) is 3.17. The summed E-state index contributed by atoms with van der Waals surface area (Å²) < 4.78 is 47.2. The van der Waals surface area contributed by atoms with Gasteiger partial charge in [-0.15, -0.1) is 0 Å². The second-order valence-electron chi connectivity index (χ2n) is 8.73. The van der Waals surface area contributed by atoms with E-state index in [4.69, 9.17) is 4.74 Å². The Morgan fingerprint density at radius 1 is 1.16 bits per heavy atom. The molecule has 0 radical (unpaired) electrons. The second kappa shape index (κ2) is 9.72. The molecule has 174 valence electrons. The molecule has 9 heteroatoms. The second-order valence-corrected chi connectivity index (χ2v) is 10.5. The van der Waals surface area contributed by atoms with Crippen LogP contribution in [0.25, 0.3) is 0 Å². The van der Waals surface area contributed by atoms with Crippen LogP contribution in [0.2, 0.25) is 0 Å². The standard InChI is InChI=1S/C23H30FN3O4S/c1-32(29,30)26-19-12-14-27(23-22(24)21(28)11-13-25-23)20(19)15-31-18-9-7-17(8-10-18)16-5-3-2-4-6-16/h2-6,11,13,17-20,26H,7-10,12,14-15H2,1H3,(H,25,28)/t17-,18+,19-,20-/m0/s1. The van der Waals surface area contributed by atoms with Crippen molar-refractivity contribution in [2.75, 3.05) is 24.3 Å². The van der Waals surface area contributed by atoms with Crippen LogP contribution in [0, 0.1) is 5.82 Å². The van der Waals surface area contributed by atoms with Crippen molar-refractivity contribution < 1.29 is 22.7 Å². The molecular weight excluding hydrogens is 433 g/mol. The molecule has 1 saturated carbocycles. The lowest BCUT2D eigenvalue weighted by Gasteiger charge is -2.33. The number of nitrogens with zero attached hydrogens (tertiary/aromatic N) is 2. The number of anilines is 1. The van der Waals surface area contributed by atoms with E-state index in [9.17, 15) is 17.9 Å². The fourth-order valence-electron chi connectivity index (χ4n) is 4.88. The highest BCUT2D eigenvalue weighted by atomic mass is 32.2. The van der Waals surface area contributed by atoms with E-state index < -0.39 is 33.7 Å². The molecule has 1 aromatic heterocycles. The predicted molar refractivity (Wildman–Crippen MR) is 121 cm³/mol. The van der Waals surface area contributed by atoms with Crippen molar-refractivity contribution in [3.63, 3.8) is 0 Å². The van der Waals surface area contributed by atoms with Gasteiger partial charge >= 0.3 is 0 Å². The topological polar surface area (TPSA) is 91.8 Å². The minimum Gasteiger partial charge on any atom is -0.505 e. The number of nitrogens with one attached hydrogen (secondary N) is 1. The number of aromatic hydroxyl groups is 1. The SMILES string of the molecule is CS(=O)(=O)N[C@H]1CCN(c2nccc(O)c2F)[C@H]1CO[C@H]1CC[C@@H](c2ccccc2)CC1. The molecule has 1 aliphatic carbocycles. The number of pyridine rings is 1. The first-order valence-electron chi connectivity index (χ1n) is 11.1. The number of halogens is 1. The van der Waals surface area contributed by atoms with E-state index in [0.717, 1.165) is 31.9 Å². The molecule has 1 saturated heterocycles. The van der Waals surface area contributed by atoms with E-state index in [1.165, 1.54) is 17.8 Å². The van der Waals surface area contributed by atoms with Crippen molar-refractivity contribution in [1.29, 1.82) is 0 Å². The number of aromatic nitrogens is 1. The first-order chi connectivity index (χ1) is 15.3. The molecule has 2 aromatic rings. The Labute approximate surface area is 188 Å². The highest BCUT2D eigenvalue weighted by Gasteiger charge is 2.39. The van der Waals surface area contributed by atoms with Gasteiger partial charge in [0, 0.05) is 24.8 Å². The van der Waals surface area contributed by atoms with E-state index >= 15 is 0 Å². The van der Waals surface area contributed by atoms with Gasteiger partial charge in [0.15, 0.2) is 11.6 Å². The van der Waals surface area contributed by atoms with Gasteiger partial charge in [-0.05, 0) is 43.6 Å². The summed E-state index contributed by atoms with van der Waals surface area (Å²) in [4.78, 5) is 5.80. The first kappa shape index (κ1) is 22.9. The van der Waals surface area contributed by atoms with Gasteiger partial charge in [0.25, 0.3) is 0 Å². The number of sulfonamides is 1. The molecule has 2 N–H and O–H groups in total. The smallest absolute Gasteiger partial charge is 0.209 e. The summed E-state index contributed by atoms with van der Waals surface area (Å²) in [5, 5.41) is 9.77. The number of benzene rings is 1. The third-order valence-electron chi connectivity index (χ3n) is 6.48.